The molecule has 1 aromatic heterocycles. The highest BCUT2D eigenvalue weighted by atomic mass is 35.5. The van der Waals surface area contributed by atoms with Crippen molar-refractivity contribution in [2.24, 2.45) is 0 Å². The van der Waals surface area contributed by atoms with Gasteiger partial charge in [-0.05, 0) is 30.2 Å². The van der Waals surface area contributed by atoms with Gasteiger partial charge in [0.25, 0.3) is 0 Å². The van der Waals surface area contributed by atoms with Crippen LogP contribution in [0.3, 0.4) is 0 Å². The van der Waals surface area contributed by atoms with Crippen molar-refractivity contribution < 1.29 is 0 Å². The van der Waals surface area contributed by atoms with E-state index < -0.39 is 0 Å². The minimum atomic E-state index is 0.392. The first-order valence-corrected chi connectivity index (χ1v) is 4.93. The summed E-state index contributed by atoms with van der Waals surface area (Å²) in [7, 11) is 0. The highest BCUT2D eigenvalue weighted by Crippen LogP contribution is 2.23. The van der Waals surface area contributed by atoms with E-state index in [4.69, 9.17) is 17.3 Å². The average molecular weight is 207 g/mol. The summed E-state index contributed by atoms with van der Waals surface area (Å²) in [6.07, 6.45) is 1.01. The van der Waals surface area contributed by atoms with Crippen molar-refractivity contribution in [1.82, 2.24) is 4.98 Å². The summed E-state index contributed by atoms with van der Waals surface area (Å²) in [6.45, 7) is 2.12. The van der Waals surface area contributed by atoms with E-state index in [-0.39, 0.29) is 0 Å². The SMILES string of the molecule is CCc1ccc2nc(N)c(Cl)cc2c1. The van der Waals surface area contributed by atoms with Gasteiger partial charge < -0.3 is 5.73 Å². The average Bonchev–Trinajstić information content (AvgIpc) is 2.19. The maximum atomic E-state index is 5.90. The summed E-state index contributed by atoms with van der Waals surface area (Å²) >= 11 is 5.90. The van der Waals surface area contributed by atoms with Crippen LogP contribution < -0.4 is 5.73 Å². The summed E-state index contributed by atoms with van der Waals surface area (Å²) in [5.74, 6) is 0.392. The van der Waals surface area contributed by atoms with Crippen LogP contribution in [0.4, 0.5) is 5.82 Å². The molecule has 2 N–H and O–H groups in total. The van der Waals surface area contributed by atoms with E-state index >= 15 is 0 Å². The largest absolute Gasteiger partial charge is 0.382 e. The molecule has 0 aliphatic rings. The number of hydrogen-bond donors (Lipinski definition) is 1. The summed E-state index contributed by atoms with van der Waals surface area (Å²) in [6, 6.07) is 7.98. The molecule has 0 spiro atoms. The number of nitrogens with two attached hydrogens (primary N) is 1. The molecule has 0 bridgehead atoms. The van der Waals surface area contributed by atoms with Crippen molar-refractivity contribution in [2.75, 3.05) is 5.73 Å². The predicted octanol–water partition coefficient (Wildman–Crippen LogP) is 3.03. The molecule has 0 fully saturated rings. The second-order valence-corrected chi connectivity index (χ2v) is 3.64. The minimum absolute atomic E-state index is 0.392. The maximum Gasteiger partial charge on any atom is 0.142 e. The van der Waals surface area contributed by atoms with Gasteiger partial charge in [-0.1, -0.05) is 24.6 Å². The molecular weight excluding hydrogens is 196 g/mol. The first-order chi connectivity index (χ1) is 6.70. The lowest BCUT2D eigenvalue weighted by Crippen LogP contribution is -1.92. The van der Waals surface area contributed by atoms with Crippen molar-refractivity contribution in [3.05, 3.63) is 34.9 Å². The quantitative estimate of drug-likeness (QED) is 0.779. The summed E-state index contributed by atoms with van der Waals surface area (Å²) in [5.41, 5.74) is 7.78. The second kappa shape index (κ2) is 3.46. The zero-order valence-electron chi connectivity index (χ0n) is 7.92. The van der Waals surface area contributed by atoms with Crippen LogP contribution in [0.5, 0.6) is 0 Å². The van der Waals surface area contributed by atoms with Gasteiger partial charge in [0.2, 0.25) is 0 Å². The Kier molecular flexibility index (Phi) is 2.30. The number of aryl methyl sites for hydroxylation is 1. The molecule has 0 radical (unpaired) electrons. The molecule has 14 heavy (non-hydrogen) atoms. The van der Waals surface area contributed by atoms with Crippen LogP contribution in [0.25, 0.3) is 10.9 Å². The van der Waals surface area contributed by atoms with E-state index in [1.165, 1.54) is 5.56 Å². The van der Waals surface area contributed by atoms with Crippen LogP contribution in [-0.2, 0) is 6.42 Å². The zero-order valence-corrected chi connectivity index (χ0v) is 8.67. The molecule has 0 saturated carbocycles. The number of pyridine rings is 1. The number of rotatable bonds is 1. The van der Waals surface area contributed by atoms with Crippen LogP contribution in [0.1, 0.15) is 12.5 Å². The lowest BCUT2D eigenvalue weighted by molar-refractivity contribution is 1.14. The topological polar surface area (TPSA) is 38.9 Å². The van der Waals surface area contributed by atoms with E-state index in [0.717, 1.165) is 17.3 Å². The molecule has 2 aromatic rings. The van der Waals surface area contributed by atoms with E-state index in [0.29, 0.717) is 10.8 Å². The smallest absolute Gasteiger partial charge is 0.142 e. The molecule has 2 rings (SSSR count). The standard InChI is InChI=1S/C11H11ClN2/c1-2-7-3-4-10-8(5-7)6-9(12)11(13)14-10/h3-6H,2H2,1H3,(H2,13,14). The number of anilines is 1. The number of hydrogen-bond acceptors (Lipinski definition) is 2. The molecule has 1 heterocycles. The molecule has 0 saturated heterocycles. The minimum Gasteiger partial charge on any atom is -0.382 e. The molecule has 72 valence electrons. The molecule has 0 aliphatic heterocycles. The van der Waals surface area contributed by atoms with Gasteiger partial charge in [-0.15, -0.1) is 0 Å². The number of benzene rings is 1. The van der Waals surface area contributed by atoms with Crippen molar-refractivity contribution in [2.45, 2.75) is 13.3 Å². The number of fused-ring (bicyclic) bond motifs is 1. The second-order valence-electron chi connectivity index (χ2n) is 3.24. The maximum absolute atomic E-state index is 5.90. The predicted molar refractivity (Wildman–Crippen MR) is 60.5 cm³/mol. The Hall–Kier alpha value is -1.28. The number of halogens is 1. The molecular formula is C11H11ClN2. The molecule has 0 atom stereocenters. The number of aromatic nitrogens is 1. The third kappa shape index (κ3) is 1.53. The normalized spacial score (nSPS) is 10.7. The molecule has 0 unspecified atom stereocenters. The van der Waals surface area contributed by atoms with E-state index in [1.54, 1.807) is 0 Å². The van der Waals surface area contributed by atoms with Gasteiger partial charge in [-0.2, -0.15) is 0 Å². The lowest BCUT2D eigenvalue weighted by Gasteiger charge is -2.03. The third-order valence-corrected chi connectivity index (χ3v) is 2.57. The number of nitrogen functional groups attached to an aromatic ring is 1. The van der Waals surface area contributed by atoms with Gasteiger partial charge in [0.1, 0.15) is 5.82 Å². The zero-order chi connectivity index (χ0) is 10.1. The molecule has 0 aliphatic carbocycles. The third-order valence-electron chi connectivity index (χ3n) is 2.27. The molecule has 1 aromatic carbocycles. The van der Waals surface area contributed by atoms with Crippen molar-refractivity contribution in [3.63, 3.8) is 0 Å². The van der Waals surface area contributed by atoms with E-state index in [2.05, 4.69) is 24.0 Å². The van der Waals surface area contributed by atoms with E-state index in [1.807, 2.05) is 12.1 Å². The number of nitrogens with zero attached hydrogens (tertiary/aromatic N) is 1. The van der Waals surface area contributed by atoms with Crippen molar-refractivity contribution in [3.8, 4) is 0 Å². The molecule has 2 nitrogen and oxygen atoms in total. The fraction of sp³-hybridized carbons (Fsp3) is 0.182. The Morgan fingerprint density at radius 1 is 1.36 bits per heavy atom. The first-order valence-electron chi connectivity index (χ1n) is 4.55. The van der Waals surface area contributed by atoms with Gasteiger partial charge >= 0.3 is 0 Å². The summed E-state index contributed by atoms with van der Waals surface area (Å²) in [4.78, 5) is 4.20. The highest BCUT2D eigenvalue weighted by Gasteiger charge is 2.01. The Balaban J connectivity index is 2.70. The van der Waals surface area contributed by atoms with Crippen LogP contribution in [0.2, 0.25) is 5.02 Å². The van der Waals surface area contributed by atoms with Crippen LogP contribution in [-0.4, -0.2) is 4.98 Å². The lowest BCUT2D eigenvalue weighted by atomic mass is 10.1. The highest BCUT2D eigenvalue weighted by molar-refractivity contribution is 6.33. The van der Waals surface area contributed by atoms with Gasteiger partial charge in [0, 0.05) is 5.39 Å². The summed E-state index contributed by atoms with van der Waals surface area (Å²) < 4.78 is 0. The summed E-state index contributed by atoms with van der Waals surface area (Å²) in [5, 5.41) is 1.56. The van der Waals surface area contributed by atoms with Crippen LogP contribution in [0, 0.1) is 0 Å². The van der Waals surface area contributed by atoms with Gasteiger partial charge in [0.15, 0.2) is 0 Å². The van der Waals surface area contributed by atoms with Gasteiger partial charge in [-0.3, -0.25) is 0 Å². The van der Waals surface area contributed by atoms with Gasteiger partial charge in [-0.25, -0.2) is 4.98 Å². The Labute approximate surface area is 87.7 Å². The van der Waals surface area contributed by atoms with Crippen LogP contribution >= 0.6 is 11.6 Å². The Morgan fingerprint density at radius 2 is 2.14 bits per heavy atom. The Bertz CT molecular complexity index is 480. The molecule has 3 heteroatoms. The Morgan fingerprint density at radius 3 is 2.86 bits per heavy atom. The van der Waals surface area contributed by atoms with Crippen molar-refractivity contribution in [1.29, 1.82) is 0 Å². The monoisotopic (exact) mass is 206 g/mol. The van der Waals surface area contributed by atoms with E-state index in [9.17, 15) is 0 Å². The van der Waals surface area contributed by atoms with Crippen molar-refractivity contribution >= 4 is 28.3 Å². The van der Waals surface area contributed by atoms with Crippen LogP contribution in [0.15, 0.2) is 24.3 Å². The fourth-order valence-corrected chi connectivity index (χ4v) is 1.59. The van der Waals surface area contributed by atoms with Gasteiger partial charge in [0.05, 0.1) is 10.5 Å². The molecule has 0 amide bonds. The first kappa shape index (κ1) is 9.28. The fourth-order valence-electron chi connectivity index (χ4n) is 1.43.